The van der Waals surface area contributed by atoms with Crippen LogP contribution in [0.25, 0.3) is 0 Å². The molecule has 0 saturated heterocycles. The maximum atomic E-state index is 11.3. The Morgan fingerprint density at radius 2 is 2.17 bits per heavy atom. The highest BCUT2D eigenvalue weighted by atomic mass is 79.9. The van der Waals surface area contributed by atoms with E-state index in [1.54, 1.807) is 12.1 Å². The fraction of sp³-hybridized carbons (Fsp3) is 0.571. The van der Waals surface area contributed by atoms with Crippen molar-refractivity contribution in [1.29, 1.82) is 0 Å². The van der Waals surface area contributed by atoms with Crippen LogP contribution in [0.4, 0.5) is 0 Å². The normalized spacial score (nSPS) is 16.9. The number of carbonyl (C=O) groups excluding carboxylic acids is 1. The third-order valence-electron chi connectivity index (χ3n) is 1.79. The van der Waals surface area contributed by atoms with E-state index in [1.165, 1.54) is 0 Å². The number of likely N-dealkylation sites (N-methyl/N-ethyl adjacent to an activating group) is 1. The van der Waals surface area contributed by atoms with E-state index in [0.29, 0.717) is 0 Å². The van der Waals surface area contributed by atoms with Crippen molar-refractivity contribution in [2.75, 3.05) is 12.4 Å². The van der Waals surface area contributed by atoms with Gasteiger partial charge < -0.3 is 17.0 Å². The van der Waals surface area contributed by atoms with Crippen molar-refractivity contribution in [1.82, 2.24) is 5.01 Å². The molecule has 1 aliphatic heterocycles. The molecule has 5 heteroatoms. The number of hydrogen-bond donors (Lipinski definition) is 1. The molecule has 1 heterocycles. The molecule has 3 nitrogen and oxygen atoms in total. The summed E-state index contributed by atoms with van der Waals surface area (Å²) in [5.74, 6) is 0.141. The molecule has 0 bridgehead atoms. The predicted molar refractivity (Wildman–Crippen MR) is 45.8 cm³/mol. The summed E-state index contributed by atoms with van der Waals surface area (Å²) >= 11 is 3.32. The van der Waals surface area contributed by atoms with Gasteiger partial charge in [0.2, 0.25) is 0 Å². The second kappa shape index (κ2) is 4.99. The largest absolute Gasteiger partial charge is 1.00 e. The van der Waals surface area contributed by atoms with Crippen molar-refractivity contribution >= 4 is 21.8 Å². The molecule has 70 valence electrons. The van der Waals surface area contributed by atoms with Crippen LogP contribution in [0.5, 0.6) is 0 Å². The molecule has 0 unspecified atom stereocenters. The minimum absolute atomic E-state index is 0. The van der Waals surface area contributed by atoms with E-state index >= 15 is 0 Å². The van der Waals surface area contributed by atoms with Gasteiger partial charge in [-0.25, -0.2) is 5.43 Å². The minimum atomic E-state index is 0. The zero-order valence-corrected chi connectivity index (χ0v) is 10.3. The molecular weight excluding hydrogens is 288 g/mol. The molecule has 0 fully saturated rings. The molecule has 0 aromatic rings. The van der Waals surface area contributed by atoms with E-state index in [0.717, 1.165) is 23.0 Å². The van der Waals surface area contributed by atoms with Crippen molar-refractivity contribution in [3.05, 3.63) is 11.3 Å². The highest BCUT2D eigenvalue weighted by molar-refractivity contribution is 9.09. The van der Waals surface area contributed by atoms with E-state index in [1.807, 2.05) is 12.3 Å². The number of halogens is 2. The fourth-order valence-corrected chi connectivity index (χ4v) is 1.60. The van der Waals surface area contributed by atoms with E-state index in [-0.39, 0.29) is 22.9 Å². The zero-order valence-electron chi connectivity index (χ0n) is 7.10. The van der Waals surface area contributed by atoms with Gasteiger partial charge in [-0.1, -0.05) is 15.9 Å². The van der Waals surface area contributed by atoms with Crippen molar-refractivity contribution < 1.29 is 27.2 Å². The monoisotopic (exact) mass is 298 g/mol. The van der Waals surface area contributed by atoms with Crippen LogP contribution in [0.1, 0.15) is 13.3 Å². The summed E-state index contributed by atoms with van der Waals surface area (Å²) in [6, 6.07) is 0. The quantitative estimate of drug-likeness (QED) is 0.329. The standard InChI is InChI=1S/C7H11BrN2O.BrH/c1-5-6(3-4-8)7(11)10(2)9-5;/h9H,3-4H2,1-2H3;1H. The summed E-state index contributed by atoms with van der Waals surface area (Å²) in [7, 11) is 1.78. The van der Waals surface area contributed by atoms with Gasteiger partial charge in [-0.3, -0.25) is 4.79 Å². The predicted octanol–water partition coefficient (Wildman–Crippen LogP) is -3.00. The highest BCUT2D eigenvalue weighted by Gasteiger charge is 2.28. The van der Waals surface area contributed by atoms with Crippen LogP contribution in [0.2, 0.25) is 0 Å². The molecular formula is C7H12Br2N2O. The Morgan fingerprint density at radius 1 is 1.58 bits per heavy atom. The number of amides is 1. The summed E-state index contributed by atoms with van der Waals surface area (Å²) in [6.07, 6.45) is 0.825. The number of nitrogens with zero attached hydrogens (tertiary/aromatic N) is 1. The third kappa shape index (κ3) is 2.31. The second-order valence-electron chi connectivity index (χ2n) is 2.65. The van der Waals surface area contributed by atoms with Crippen LogP contribution in [0.15, 0.2) is 11.3 Å². The van der Waals surface area contributed by atoms with Gasteiger partial charge in [0.05, 0.1) is 12.6 Å². The first kappa shape index (κ1) is 12.1. The topological polar surface area (TPSA) is 36.9 Å². The Labute approximate surface area is 91.1 Å². The SMILES string of the molecule is CC1=C(CCBr)C(=O)N(C)[NH2+]1.[Br-]. The Bertz CT molecular complexity index is 215. The van der Waals surface area contributed by atoms with Gasteiger partial charge >= 0.3 is 0 Å². The molecule has 0 saturated carbocycles. The number of hydrogen-bond acceptors (Lipinski definition) is 1. The Kier molecular flexibility index (Phi) is 5.04. The van der Waals surface area contributed by atoms with E-state index < -0.39 is 0 Å². The molecule has 1 aliphatic rings. The molecule has 1 rings (SSSR count). The molecule has 0 aliphatic carbocycles. The van der Waals surface area contributed by atoms with E-state index in [4.69, 9.17) is 0 Å². The van der Waals surface area contributed by atoms with Gasteiger partial charge in [-0.2, -0.15) is 5.01 Å². The zero-order chi connectivity index (χ0) is 8.43. The van der Waals surface area contributed by atoms with Crippen molar-refractivity contribution in [2.24, 2.45) is 0 Å². The lowest BCUT2D eigenvalue weighted by atomic mass is 10.2. The van der Waals surface area contributed by atoms with Gasteiger partial charge in [0, 0.05) is 12.3 Å². The Hall–Kier alpha value is 0.130. The number of quaternary nitrogens is 1. The lowest BCUT2D eigenvalue weighted by molar-refractivity contribution is -0.734. The molecule has 0 radical (unpaired) electrons. The van der Waals surface area contributed by atoms with Gasteiger partial charge in [0.25, 0.3) is 5.91 Å². The maximum absolute atomic E-state index is 11.3. The summed E-state index contributed by atoms with van der Waals surface area (Å²) in [5, 5.41) is 2.49. The van der Waals surface area contributed by atoms with E-state index in [2.05, 4.69) is 15.9 Å². The lowest BCUT2D eigenvalue weighted by Crippen LogP contribution is -3.00. The molecule has 0 aromatic heterocycles. The van der Waals surface area contributed by atoms with Crippen molar-refractivity contribution in [3.63, 3.8) is 0 Å². The van der Waals surface area contributed by atoms with Crippen LogP contribution in [0, 0.1) is 0 Å². The third-order valence-corrected chi connectivity index (χ3v) is 2.18. The van der Waals surface area contributed by atoms with Gasteiger partial charge in [-0.15, -0.1) is 0 Å². The average molecular weight is 300 g/mol. The second-order valence-corrected chi connectivity index (χ2v) is 3.44. The van der Waals surface area contributed by atoms with Gasteiger partial charge in [0.1, 0.15) is 5.70 Å². The Morgan fingerprint density at radius 3 is 2.50 bits per heavy atom. The summed E-state index contributed by atoms with van der Waals surface area (Å²) in [5.41, 5.74) is 3.90. The fourth-order valence-electron chi connectivity index (χ4n) is 1.21. The molecule has 12 heavy (non-hydrogen) atoms. The number of nitrogens with two attached hydrogens (primary N) is 1. The summed E-state index contributed by atoms with van der Waals surface area (Å²) < 4.78 is 0. The average Bonchev–Trinajstić information content (AvgIpc) is 2.17. The van der Waals surface area contributed by atoms with Gasteiger partial charge in [0.15, 0.2) is 0 Å². The number of alkyl halides is 1. The number of rotatable bonds is 2. The lowest BCUT2D eigenvalue weighted by Gasteiger charge is -2.02. The number of allylic oxidation sites excluding steroid dienone is 1. The van der Waals surface area contributed by atoms with Crippen LogP contribution in [-0.2, 0) is 4.79 Å². The molecule has 0 aromatic carbocycles. The van der Waals surface area contributed by atoms with Gasteiger partial charge in [-0.05, 0) is 6.42 Å². The highest BCUT2D eigenvalue weighted by Crippen LogP contribution is 2.11. The first-order valence-electron chi connectivity index (χ1n) is 3.54. The van der Waals surface area contributed by atoms with Crippen molar-refractivity contribution in [2.45, 2.75) is 13.3 Å². The molecule has 0 spiro atoms. The molecule has 2 N–H and O–H groups in total. The first-order chi connectivity index (χ1) is 5.16. The van der Waals surface area contributed by atoms with Crippen LogP contribution < -0.4 is 22.4 Å². The minimum Gasteiger partial charge on any atom is -1.00 e. The first-order valence-corrected chi connectivity index (χ1v) is 4.66. The number of carbonyl (C=O) groups is 1. The van der Waals surface area contributed by atoms with Crippen LogP contribution in [-0.4, -0.2) is 23.3 Å². The van der Waals surface area contributed by atoms with Crippen LogP contribution >= 0.6 is 15.9 Å². The van der Waals surface area contributed by atoms with Crippen molar-refractivity contribution in [3.8, 4) is 0 Å². The summed E-state index contributed by atoms with van der Waals surface area (Å²) in [4.78, 5) is 11.3. The smallest absolute Gasteiger partial charge is 0.300 e. The van der Waals surface area contributed by atoms with Crippen LogP contribution in [0.3, 0.4) is 0 Å². The van der Waals surface area contributed by atoms with E-state index in [9.17, 15) is 4.79 Å². The Balaban J connectivity index is 0.00000121. The molecule has 0 atom stereocenters. The summed E-state index contributed by atoms with van der Waals surface area (Å²) in [6.45, 7) is 1.97. The maximum Gasteiger partial charge on any atom is 0.300 e. The molecule has 1 amide bonds.